The van der Waals surface area contributed by atoms with Crippen LogP contribution in [-0.2, 0) is 4.43 Å². The zero-order valence-corrected chi connectivity index (χ0v) is 19.1. The molecule has 1 aliphatic heterocycles. The third-order valence-electron chi connectivity index (χ3n) is 5.90. The minimum atomic E-state index is -1.69. The number of rotatable bonds is 3. The third kappa shape index (κ3) is 4.02. The van der Waals surface area contributed by atoms with Gasteiger partial charge in [0.1, 0.15) is 10.9 Å². The van der Waals surface area contributed by atoms with Crippen molar-refractivity contribution in [3.8, 4) is 0 Å². The summed E-state index contributed by atoms with van der Waals surface area (Å²) in [5, 5.41) is 0.580. The van der Waals surface area contributed by atoms with Crippen molar-refractivity contribution in [2.24, 2.45) is 0 Å². The van der Waals surface area contributed by atoms with Crippen LogP contribution in [0, 0.1) is 0 Å². The normalized spacial score (nSPS) is 27.2. The van der Waals surface area contributed by atoms with E-state index in [-0.39, 0.29) is 9.87 Å². The Morgan fingerprint density at radius 2 is 1.88 bits per heavy atom. The lowest BCUT2D eigenvalue weighted by Gasteiger charge is -2.41. The van der Waals surface area contributed by atoms with Crippen molar-refractivity contribution < 1.29 is 9.00 Å². The van der Waals surface area contributed by atoms with Crippen molar-refractivity contribution in [3.63, 3.8) is 0 Å². The molecule has 2 heterocycles. The van der Waals surface area contributed by atoms with Gasteiger partial charge in [0.05, 0.1) is 11.8 Å². The van der Waals surface area contributed by atoms with Gasteiger partial charge in [-0.15, -0.1) is 0 Å². The Hall–Kier alpha value is -0.303. The van der Waals surface area contributed by atoms with Gasteiger partial charge in [0.15, 0.2) is 8.32 Å². The molecule has 1 aliphatic carbocycles. The first kappa shape index (κ1) is 19.5. The molecule has 2 aliphatic rings. The van der Waals surface area contributed by atoms with Crippen LogP contribution in [0.25, 0.3) is 0 Å². The van der Waals surface area contributed by atoms with E-state index < -0.39 is 8.32 Å². The topological polar surface area (TPSA) is 38.0 Å². The second kappa shape index (κ2) is 7.02. The zero-order valence-electron chi connectivity index (χ0n) is 15.7. The van der Waals surface area contributed by atoms with E-state index in [4.69, 9.17) is 16.0 Å². The molecular formula is C18H28BrClN3OSi+. The predicted molar refractivity (Wildman–Crippen MR) is 109 cm³/mol. The van der Waals surface area contributed by atoms with Crippen LogP contribution in [0.4, 0.5) is 5.82 Å². The van der Waals surface area contributed by atoms with Crippen LogP contribution in [-0.4, -0.2) is 41.2 Å². The van der Waals surface area contributed by atoms with Gasteiger partial charge in [-0.1, -0.05) is 36.7 Å². The second-order valence-corrected chi connectivity index (χ2v) is 14.8. The van der Waals surface area contributed by atoms with Gasteiger partial charge in [-0.05, 0) is 60.4 Å². The van der Waals surface area contributed by atoms with Gasteiger partial charge in [0, 0.05) is 12.3 Å². The largest absolute Gasteiger partial charge is 0.414 e. The fourth-order valence-electron chi connectivity index (χ4n) is 3.38. The van der Waals surface area contributed by atoms with Crippen LogP contribution in [0.15, 0.2) is 6.20 Å². The highest BCUT2D eigenvalue weighted by molar-refractivity contribution is 9.09. The van der Waals surface area contributed by atoms with E-state index in [9.17, 15) is 0 Å². The monoisotopic (exact) mass is 444 g/mol. The summed E-state index contributed by atoms with van der Waals surface area (Å²) in [4.78, 5) is 8.75. The minimum Gasteiger partial charge on any atom is -0.414 e. The number of hydrogen-bond donors (Lipinski definition) is 0. The minimum absolute atomic E-state index is 0.168. The average Bonchev–Trinajstić information content (AvgIpc) is 2.83. The van der Waals surface area contributed by atoms with Gasteiger partial charge in [0.25, 0.3) is 0 Å². The molecule has 1 atom stereocenters. The maximum Gasteiger partial charge on any atom is 0.336 e. The standard InChI is InChI=1S/C18H28BrClN3OSi/c1-18(2,3)25(4,5)24-13-8-6-12(7-9-13)23-11-15(19)14-10-21-17(20)22-16(14)23/h10-13,15H,6-9H2,1-5H3/q+1. The molecule has 0 amide bonds. The van der Waals surface area contributed by atoms with Crippen molar-refractivity contribution in [3.05, 3.63) is 17.0 Å². The van der Waals surface area contributed by atoms with Gasteiger partial charge in [-0.3, -0.25) is 0 Å². The molecule has 25 heavy (non-hydrogen) atoms. The lowest BCUT2D eigenvalue weighted by molar-refractivity contribution is -0.487. The molecule has 0 spiro atoms. The zero-order chi connectivity index (χ0) is 18.4. The summed E-state index contributed by atoms with van der Waals surface area (Å²) in [5.41, 5.74) is 1.10. The third-order valence-corrected chi connectivity index (χ3v) is 11.4. The van der Waals surface area contributed by atoms with E-state index >= 15 is 0 Å². The summed E-state index contributed by atoms with van der Waals surface area (Å²) in [6.07, 6.45) is 8.90. The molecule has 1 aromatic rings. The first-order valence-electron chi connectivity index (χ1n) is 9.06. The summed E-state index contributed by atoms with van der Waals surface area (Å²) in [7, 11) is -1.69. The van der Waals surface area contributed by atoms with Crippen molar-refractivity contribution in [2.45, 2.75) is 81.6 Å². The van der Waals surface area contributed by atoms with E-state index in [0.717, 1.165) is 37.1 Å². The number of fused-ring (bicyclic) bond motifs is 1. The molecule has 0 N–H and O–H groups in total. The molecule has 0 saturated heterocycles. The van der Waals surface area contributed by atoms with Crippen LogP contribution < -0.4 is 0 Å². The average molecular weight is 446 g/mol. The quantitative estimate of drug-likeness (QED) is 0.262. The van der Waals surface area contributed by atoms with E-state index in [2.05, 4.69) is 70.6 Å². The molecule has 1 saturated carbocycles. The highest BCUT2D eigenvalue weighted by atomic mass is 79.9. The number of hydrogen-bond acceptors (Lipinski definition) is 3. The van der Waals surface area contributed by atoms with Gasteiger partial charge in [-0.25, -0.2) is 9.56 Å². The molecule has 1 fully saturated rings. The number of alkyl halides is 1. The second-order valence-electron chi connectivity index (χ2n) is 8.68. The maximum absolute atomic E-state index is 6.62. The van der Waals surface area contributed by atoms with Gasteiger partial charge >= 0.3 is 11.1 Å². The van der Waals surface area contributed by atoms with Crippen molar-refractivity contribution in [1.82, 2.24) is 9.97 Å². The summed E-state index contributed by atoms with van der Waals surface area (Å²) in [6, 6.07) is 0.464. The van der Waals surface area contributed by atoms with Crippen molar-refractivity contribution in [1.29, 1.82) is 0 Å². The fraction of sp³-hybridized carbons (Fsp3) is 0.722. The Morgan fingerprint density at radius 1 is 1.24 bits per heavy atom. The van der Waals surface area contributed by atoms with Crippen LogP contribution in [0.2, 0.25) is 23.4 Å². The molecule has 7 heteroatoms. The first-order chi connectivity index (χ1) is 11.6. The van der Waals surface area contributed by atoms with E-state index in [1.165, 1.54) is 0 Å². The van der Waals surface area contributed by atoms with E-state index in [1.807, 2.05) is 6.20 Å². The van der Waals surface area contributed by atoms with E-state index in [1.54, 1.807) is 0 Å². The summed E-state index contributed by atoms with van der Waals surface area (Å²) < 4.78 is 8.91. The van der Waals surface area contributed by atoms with Crippen molar-refractivity contribution >= 4 is 47.9 Å². The Labute approximate surface area is 165 Å². The molecule has 138 valence electrons. The number of halogens is 2. The molecule has 3 rings (SSSR count). The lowest BCUT2D eigenvalue weighted by Crippen LogP contribution is -2.45. The van der Waals surface area contributed by atoms with Crippen LogP contribution >= 0.6 is 27.5 Å². The number of aromatic nitrogens is 2. The van der Waals surface area contributed by atoms with Crippen molar-refractivity contribution in [2.75, 3.05) is 0 Å². The van der Waals surface area contributed by atoms with Crippen LogP contribution in [0.1, 0.15) is 56.8 Å². The molecular weight excluding hydrogens is 418 g/mol. The van der Waals surface area contributed by atoms with Crippen LogP contribution in [0.3, 0.4) is 0 Å². The molecule has 1 unspecified atom stereocenters. The molecule has 4 nitrogen and oxygen atoms in total. The maximum atomic E-state index is 6.62. The first-order valence-corrected chi connectivity index (χ1v) is 13.3. The van der Waals surface area contributed by atoms with E-state index in [0.29, 0.717) is 17.4 Å². The van der Waals surface area contributed by atoms with Crippen LogP contribution in [0.5, 0.6) is 0 Å². The molecule has 0 radical (unpaired) electrons. The Morgan fingerprint density at radius 3 is 2.48 bits per heavy atom. The summed E-state index contributed by atoms with van der Waals surface area (Å²) >= 11 is 9.72. The summed E-state index contributed by atoms with van der Waals surface area (Å²) in [5.74, 6) is 0.954. The lowest BCUT2D eigenvalue weighted by atomic mass is 9.93. The molecule has 0 bridgehead atoms. The number of nitrogens with zero attached hydrogens (tertiary/aromatic N) is 3. The molecule has 0 aromatic carbocycles. The smallest absolute Gasteiger partial charge is 0.336 e. The summed E-state index contributed by atoms with van der Waals surface area (Å²) in [6.45, 7) is 11.6. The van der Waals surface area contributed by atoms with Gasteiger partial charge in [0.2, 0.25) is 0 Å². The van der Waals surface area contributed by atoms with Gasteiger partial charge < -0.3 is 4.43 Å². The highest BCUT2D eigenvalue weighted by Gasteiger charge is 2.41. The SMILES string of the molecule is CC(C)(C)[Si](C)(C)OC1CCC([N+]2=CC(Br)c3cnc(Cl)nc32)CC1. The fourth-order valence-corrected chi connectivity index (χ4v) is 5.51. The Kier molecular flexibility index (Phi) is 5.46. The highest BCUT2D eigenvalue weighted by Crippen LogP contribution is 2.41. The Bertz CT molecular complexity index is 681. The van der Waals surface area contributed by atoms with Gasteiger partial charge in [-0.2, -0.15) is 0 Å². The molecule has 1 aromatic heterocycles. The Balaban J connectivity index is 1.66. The predicted octanol–water partition coefficient (Wildman–Crippen LogP) is 5.63.